The highest BCUT2D eigenvalue weighted by atomic mass is 32.1. The second-order valence-corrected chi connectivity index (χ2v) is 5.22. The zero-order valence-electron chi connectivity index (χ0n) is 12.0. The molecule has 0 aliphatic carbocycles. The van der Waals surface area contributed by atoms with E-state index < -0.39 is 0 Å². The molecule has 1 aromatic rings. The zero-order valence-corrected chi connectivity index (χ0v) is 12.8. The predicted octanol–water partition coefficient (Wildman–Crippen LogP) is 0.508. The fraction of sp³-hybridized carbons (Fsp3) is 0.615. The second-order valence-electron chi connectivity index (χ2n) is 4.83. The molecule has 2 rings (SSSR count). The predicted molar refractivity (Wildman–Crippen MR) is 82.9 cm³/mol. The molecule has 1 N–H and O–H groups in total. The first-order chi connectivity index (χ1) is 9.70. The largest absolute Gasteiger partial charge is 0.383 e. The molecule has 0 aromatic carbocycles. The maximum absolute atomic E-state index is 5.43. The highest BCUT2D eigenvalue weighted by molar-refractivity contribution is 7.80. The summed E-state index contributed by atoms with van der Waals surface area (Å²) in [6.45, 7) is 6.23. The molecule has 1 aliphatic heterocycles. The molecule has 0 bridgehead atoms. The van der Waals surface area contributed by atoms with E-state index in [4.69, 9.17) is 17.0 Å². The topological polar surface area (TPSA) is 53.5 Å². The molecule has 2 heterocycles. The average Bonchev–Trinajstić information content (AvgIpc) is 2.48. The second kappa shape index (κ2) is 7.35. The Hall–Kier alpha value is -1.47. The quantitative estimate of drug-likeness (QED) is 0.812. The van der Waals surface area contributed by atoms with Gasteiger partial charge in [0.1, 0.15) is 0 Å². The maximum Gasteiger partial charge on any atom is 0.225 e. The molecular weight excluding hydrogens is 274 g/mol. The Morgan fingerprint density at radius 2 is 2.00 bits per heavy atom. The SMILES string of the molecule is COC[C@@H](C)NC(=S)N1CCN(c2ncccn2)CC1. The van der Waals surface area contributed by atoms with Crippen LogP contribution >= 0.6 is 12.2 Å². The van der Waals surface area contributed by atoms with Gasteiger partial charge in [-0.05, 0) is 25.2 Å². The molecule has 0 radical (unpaired) electrons. The molecule has 1 aliphatic rings. The van der Waals surface area contributed by atoms with Gasteiger partial charge in [0.25, 0.3) is 0 Å². The molecule has 20 heavy (non-hydrogen) atoms. The molecule has 1 aromatic heterocycles. The van der Waals surface area contributed by atoms with Crippen molar-refractivity contribution in [2.75, 3.05) is 44.8 Å². The number of nitrogens with zero attached hydrogens (tertiary/aromatic N) is 4. The van der Waals surface area contributed by atoms with E-state index in [1.807, 2.05) is 6.07 Å². The van der Waals surface area contributed by atoms with E-state index in [9.17, 15) is 0 Å². The van der Waals surface area contributed by atoms with Gasteiger partial charge in [0.2, 0.25) is 5.95 Å². The number of aromatic nitrogens is 2. The Bertz CT molecular complexity index is 422. The molecule has 0 amide bonds. The minimum absolute atomic E-state index is 0.225. The highest BCUT2D eigenvalue weighted by Gasteiger charge is 2.20. The number of rotatable bonds is 4. The summed E-state index contributed by atoms with van der Waals surface area (Å²) in [6, 6.07) is 2.05. The number of hydrogen-bond acceptors (Lipinski definition) is 5. The van der Waals surface area contributed by atoms with E-state index >= 15 is 0 Å². The summed E-state index contributed by atoms with van der Waals surface area (Å²) in [4.78, 5) is 12.9. The standard InChI is InChI=1S/C13H21N5OS/c1-11(10-19-2)16-13(20)18-8-6-17(7-9-18)12-14-4-3-5-15-12/h3-5,11H,6-10H2,1-2H3,(H,16,20)/t11-/m1/s1. The van der Waals surface area contributed by atoms with E-state index in [2.05, 4.69) is 32.0 Å². The van der Waals surface area contributed by atoms with Crippen LogP contribution in [-0.2, 0) is 4.74 Å². The van der Waals surface area contributed by atoms with Gasteiger partial charge >= 0.3 is 0 Å². The van der Waals surface area contributed by atoms with Crippen molar-refractivity contribution in [3.63, 3.8) is 0 Å². The minimum atomic E-state index is 0.225. The Morgan fingerprint density at radius 3 is 2.60 bits per heavy atom. The third-order valence-corrected chi connectivity index (χ3v) is 3.56. The lowest BCUT2D eigenvalue weighted by atomic mass is 10.3. The lowest BCUT2D eigenvalue weighted by Crippen LogP contribution is -2.53. The van der Waals surface area contributed by atoms with E-state index in [-0.39, 0.29) is 6.04 Å². The van der Waals surface area contributed by atoms with Crippen LogP contribution in [0.4, 0.5) is 5.95 Å². The van der Waals surface area contributed by atoms with Gasteiger partial charge in [-0.15, -0.1) is 0 Å². The first-order valence-corrected chi connectivity index (χ1v) is 7.18. The summed E-state index contributed by atoms with van der Waals surface area (Å²) in [7, 11) is 1.69. The van der Waals surface area contributed by atoms with Crippen LogP contribution < -0.4 is 10.2 Å². The lowest BCUT2D eigenvalue weighted by Gasteiger charge is -2.36. The molecule has 0 unspecified atom stereocenters. The normalized spacial score (nSPS) is 16.9. The van der Waals surface area contributed by atoms with Gasteiger partial charge in [-0.25, -0.2) is 9.97 Å². The van der Waals surface area contributed by atoms with Crippen molar-refractivity contribution in [1.82, 2.24) is 20.2 Å². The summed E-state index contributed by atoms with van der Waals surface area (Å²) in [5.74, 6) is 0.791. The first kappa shape index (κ1) is 14.9. The number of hydrogen-bond donors (Lipinski definition) is 1. The van der Waals surface area contributed by atoms with Gasteiger partial charge in [-0.3, -0.25) is 0 Å². The fourth-order valence-electron chi connectivity index (χ4n) is 2.16. The van der Waals surface area contributed by atoms with Crippen LogP contribution in [0, 0.1) is 0 Å². The van der Waals surface area contributed by atoms with Crippen LogP contribution in [-0.4, -0.2) is 65.9 Å². The van der Waals surface area contributed by atoms with Gasteiger partial charge in [-0.2, -0.15) is 0 Å². The van der Waals surface area contributed by atoms with Gasteiger partial charge in [0, 0.05) is 51.7 Å². The van der Waals surface area contributed by atoms with Crippen molar-refractivity contribution >= 4 is 23.3 Å². The minimum Gasteiger partial charge on any atom is -0.383 e. The van der Waals surface area contributed by atoms with Crippen molar-refractivity contribution in [1.29, 1.82) is 0 Å². The average molecular weight is 295 g/mol. The molecule has 7 heteroatoms. The number of anilines is 1. The molecule has 110 valence electrons. The Morgan fingerprint density at radius 1 is 1.35 bits per heavy atom. The fourth-order valence-corrected chi connectivity index (χ4v) is 2.54. The number of thiocarbonyl (C=S) groups is 1. The number of ether oxygens (including phenoxy) is 1. The number of methoxy groups -OCH3 is 1. The molecule has 6 nitrogen and oxygen atoms in total. The molecule has 1 atom stereocenters. The van der Waals surface area contributed by atoms with Crippen LogP contribution in [0.25, 0.3) is 0 Å². The van der Waals surface area contributed by atoms with Gasteiger partial charge in [-0.1, -0.05) is 0 Å². The molecule has 1 fully saturated rings. The summed E-state index contributed by atoms with van der Waals surface area (Å²) in [6.07, 6.45) is 3.54. The summed E-state index contributed by atoms with van der Waals surface area (Å²) in [5.41, 5.74) is 0. The molecule has 1 saturated heterocycles. The third kappa shape index (κ3) is 4.01. The first-order valence-electron chi connectivity index (χ1n) is 6.77. The number of piperazine rings is 1. The van der Waals surface area contributed by atoms with E-state index in [0.717, 1.165) is 37.2 Å². The summed E-state index contributed by atoms with van der Waals surface area (Å²) < 4.78 is 5.10. The van der Waals surface area contributed by atoms with E-state index in [1.54, 1.807) is 19.5 Å². The Labute approximate surface area is 125 Å². The van der Waals surface area contributed by atoms with Crippen LogP contribution in [0.3, 0.4) is 0 Å². The summed E-state index contributed by atoms with van der Waals surface area (Å²) >= 11 is 5.43. The smallest absolute Gasteiger partial charge is 0.225 e. The van der Waals surface area contributed by atoms with Gasteiger partial charge < -0.3 is 19.9 Å². The van der Waals surface area contributed by atoms with Crippen LogP contribution in [0.2, 0.25) is 0 Å². The lowest BCUT2D eigenvalue weighted by molar-refractivity contribution is 0.177. The highest BCUT2D eigenvalue weighted by Crippen LogP contribution is 2.09. The maximum atomic E-state index is 5.43. The van der Waals surface area contributed by atoms with Crippen molar-refractivity contribution in [2.24, 2.45) is 0 Å². The molecule has 0 saturated carbocycles. The zero-order chi connectivity index (χ0) is 14.4. The Kier molecular flexibility index (Phi) is 5.49. The van der Waals surface area contributed by atoms with Crippen molar-refractivity contribution < 1.29 is 4.74 Å². The van der Waals surface area contributed by atoms with E-state index in [1.165, 1.54) is 0 Å². The van der Waals surface area contributed by atoms with Crippen LogP contribution in [0.15, 0.2) is 18.5 Å². The van der Waals surface area contributed by atoms with Crippen molar-refractivity contribution in [2.45, 2.75) is 13.0 Å². The summed E-state index contributed by atoms with van der Waals surface area (Å²) in [5, 5.41) is 4.08. The van der Waals surface area contributed by atoms with Crippen molar-refractivity contribution in [3.8, 4) is 0 Å². The van der Waals surface area contributed by atoms with Gasteiger partial charge in [0.05, 0.1) is 6.61 Å². The third-order valence-electron chi connectivity index (χ3n) is 3.19. The van der Waals surface area contributed by atoms with E-state index in [0.29, 0.717) is 6.61 Å². The number of nitrogens with one attached hydrogen (secondary N) is 1. The molecular formula is C13H21N5OS. The Balaban J connectivity index is 1.80. The van der Waals surface area contributed by atoms with Gasteiger partial charge in [0.15, 0.2) is 5.11 Å². The van der Waals surface area contributed by atoms with Crippen LogP contribution in [0.1, 0.15) is 6.92 Å². The molecule has 0 spiro atoms. The van der Waals surface area contributed by atoms with Crippen LogP contribution in [0.5, 0.6) is 0 Å². The van der Waals surface area contributed by atoms with Crippen molar-refractivity contribution in [3.05, 3.63) is 18.5 Å². The monoisotopic (exact) mass is 295 g/mol.